The van der Waals surface area contributed by atoms with E-state index in [-0.39, 0.29) is 12.1 Å². The summed E-state index contributed by atoms with van der Waals surface area (Å²) in [6.07, 6.45) is 4.80. The Morgan fingerprint density at radius 2 is 2.25 bits per heavy atom. The zero-order chi connectivity index (χ0) is 14.4. The number of ether oxygens (including phenoxy) is 1. The van der Waals surface area contributed by atoms with Gasteiger partial charge in [0.1, 0.15) is 0 Å². The van der Waals surface area contributed by atoms with E-state index in [1.54, 1.807) is 12.1 Å². The maximum Gasteiger partial charge on any atom is 0.162 e. The highest BCUT2D eigenvalue weighted by Gasteiger charge is 2.22. The third-order valence-corrected chi connectivity index (χ3v) is 3.75. The summed E-state index contributed by atoms with van der Waals surface area (Å²) in [5.41, 5.74) is 0.441. The molecule has 0 saturated carbocycles. The van der Waals surface area contributed by atoms with Crippen LogP contribution in [0, 0.1) is 11.6 Å². The van der Waals surface area contributed by atoms with Crippen molar-refractivity contribution in [3.63, 3.8) is 0 Å². The lowest BCUT2D eigenvalue weighted by molar-refractivity contribution is 0.0945. The average Bonchev–Trinajstić information content (AvgIpc) is 2.94. The van der Waals surface area contributed by atoms with Gasteiger partial charge in [-0.1, -0.05) is 19.1 Å². The number of benzene rings is 1. The van der Waals surface area contributed by atoms with E-state index in [0.29, 0.717) is 12.0 Å². The Balaban J connectivity index is 1.99. The minimum absolute atomic E-state index is 0.134. The maximum atomic E-state index is 13.8. The molecule has 0 aliphatic carbocycles. The number of rotatable bonds is 7. The molecule has 2 unspecified atom stereocenters. The SMILES string of the molecule is CCCNC(Cc1cccc(F)c1F)CC1CCCO1. The van der Waals surface area contributed by atoms with Crippen LogP contribution >= 0.6 is 0 Å². The standard InChI is InChI=1S/C16H23F2NO/c1-2-8-19-13(11-14-6-4-9-20-14)10-12-5-3-7-15(17)16(12)18/h3,5,7,13-14,19H,2,4,6,8-11H2,1H3. The third-order valence-electron chi connectivity index (χ3n) is 3.75. The molecule has 4 heteroatoms. The van der Waals surface area contributed by atoms with Crippen LogP contribution in [0.4, 0.5) is 8.78 Å². The van der Waals surface area contributed by atoms with Gasteiger partial charge in [-0.25, -0.2) is 8.78 Å². The molecule has 0 spiro atoms. The Morgan fingerprint density at radius 3 is 2.95 bits per heavy atom. The Hall–Kier alpha value is -1.00. The second-order valence-corrected chi connectivity index (χ2v) is 5.44. The highest BCUT2D eigenvalue weighted by atomic mass is 19.2. The smallest absolute Gasteiger partial charge is 0.162 e. The molecular weight excluding hydrogens is 260 g/mol. The fraction of sp³-hybridized carbons (Fsp3) is 0.625. The molecule has 0 bridgehead atoms. The molecule has 112 valence electrons. The van der Waals surface area contributed by atoms with E-state index in [1.165, 1.54) is 0 Å². The van der Waals surface area contributed by atoms with Crippen molar-refractivity contribution in [2.75, 3.05) is 13.2 Å². The minimum atomic E-state index is -0.770. The molecule has 1 heterocycles. The van der Waals surface area contributed by atoms with Gasteiger partial charge < -0.3 is 10.1 Å². The van der Waals surface area contributed by atoms with Gasteiger partial charge in [0.05, 0.1) is 6.10 Å². The van der Waals surface area contributed by atoms with Crippen LogP contribution in [-0.4, -0.2) is 25.3 Å². The van der Waals surface area contributed by atoms with Crippen LogP contribution in [-0.2, 0) is 11.2 Å². The molecule has 1 aliphatic heterocycles. The van der Waals surface area contributed by atoms with Crippen molar-refractivity contribution >= 4 is 0 Å². The van der Waals surface area contributed by atoms with Crippen molar-refractivity contribution < 1.29 is 13.5 Å². The molecular formula is C16H23F2NO. The Bertz CT molecular complexity index is 419. The van der Waals surface area contributed by atoms with E-state index in [0.717, 1.165) is 44.9 Å². The van der Waals surface area contributed by atoms with Crippen LogP contribution in [0.5, 0.6) is 0 Å². The van der Waals surface area contributed by atoms with Crippen molar-refractivity contribution in [1.82, 2.24) is 5.32 Å². The summed E-state index contributed by atoms with van der Waals surface area (Å²) < 4.78 is 32.7. The van der Waals surface area contributed by atoms with Gasteiger partial charge in [-0.15, -0.1) is 0 Å². The number of hydrogen-bond acceptors (Lipinski definition) is 2. The lowest BCUT2D eigenvalue weighted by Crippen LogP contribution is -2.35. The highest BCUT2D eigenvalue weighted by molar-refractivity contribution is 5.20. The highest BCUT2D eigenvalue weighted by Crippen LogP contribution is 2.20. The first-order valence-corrected chi connectivity index (χ1v) is 7.48. The fourth-order valence-corrected chi connectivity index (χ4v) is 2.71. The molecule has 1 N–H and O–H groups in total. The van der Waals surface area contributed by atoms with Gasteiger partial charge in [0, 0.05) is 12.6 Å². The van der Waals surface area contributed by atoms with Crippen molar-refractivity contribution in [2.24, 2.45) is 0 Å². The minimum Gasteiger partial charge on any atom is -0.378 e. The Kier molecular flexibility index (Phi) is 5.92. The lowest BCUT2D eigenvalue weighted by atomic mass is 9.98. The van der Waals surface area contributed by atoms with Gasteiger partial charge in [-0.3, -0.25) is 0 Å². The molecule has 20 heavy (non-hydrogen) atoms. The summed E-state index contributed by atoms with van der Waals surface area (Å²) in [6, 6.07) is 4.52. The predicted octanol–water partition coefficient (Wildman–Crippen LogP) is 3.44. The van der Waals surface area contributed by atoms with Gasteiger partial charge in [-0.2, -0.15) is 0 Å². The first-order valence-electron chi connectivity index (χ1n) is 7.48. The van der Waals surface area contributed by atoms with Crippen LogP contribution in [0.3, 0.4) is 0 Å². The largest absolute Gasteiger partial charge is 0.378 e. The molecule has 0 radical (unpaired) electrons. The number of hydrogen-bond donors (Lipinski definition) is 1. The van der Waals surface area contributed by atoms with Crippen LogP contribution < -0.4 is 5.32 Å². The summed E-state index contributed by atoms with van der Waals surface area (Å²) >= 11 is 0. The summed E-state index contributed by atoms with van der Waals surface area (Å²) in [4.78, 5) is 0. The summed E-state index contributed by atoms with van der Waals surface area (Å²) in [6.45, 7) is 3.80. The zero-order valence-corrected chi connectivity index (χ0v) is 12.0. The van der Waals surface area contributed by atoms with Crippen LogP contribution in [0.1, 0.15) is 38.2 Å². The van der Waals surface area contributed by atoms with E-state index in [1.807, 2.05) is 0 Å². The van der Waals surface area contributed by atoms with E-state index >= 15 is 0 Å². The zero-order valence-electron chi connectivity index (χ0n) is 12.0. The van der Waals surface area contributed by atoms with Gasteiger partial charge >= 0.3 is 0 Å². The molecule has 0 amide bonds. The maximum absolute atomic E-state index is 13.8. The van der Waals surface area contributed by atoms with Gasteiger partial charge in [-0.05, 0) is 50.3 Å². The lowest BCUT2D eigenvalue weighted by Gasteiger charge is -2.22. The van der Waals surface area contributed by atoms with Crippen molar-refractivity contribution in [2.45, 2.75) is 51.2 Å². The van der Waals surface area contributed by atoms with Crippen LogP contribution in [0.2, 0.25) is 0 Å². The van der Waals surface area contributed by atoms with E-state index in [2.05, 4.69) is 12.2 Å². The third kappa shape index (κ3) is 4.25. The van der Waals surface area contributed by atoms with E-state index in [4.69, 9.17) is 4.74 Å². The summed E-state index contributed by atoms with van der Waals surface area (Å²) in [5.74, 6) is -1.49. The fourth-order valence-electron chi connectivity index (χ4n) is 2.71. The first kappa shape index (κ1) is 15.4. The second-order valence-electron chi connectivity index (χ2n) is 5.44. The summed E-state index contributed by atoms with van der Waals surface area (Å²) in [5, 5.41) is 3.42. The van der Waals surface area contributed by atoms with Crippen molar-refractivity contribution in [3.05, 3.63) is 35.4 Å². The van der Waals surface area contributed by atoms with Gasteiger partial charge in [0.2, 0.25) is 0 Å². The molecule has 1 aliphatic rings. The number of nitrogens with one attached hydrogen (secondary N) is 1. The molecule has 2 rings (SSSR count). The number of halogens is 2. The van der Waals surface area contributed by atoms with Crippen molar-refractivity contribution in [1.29, 1.82) is 0 Å². The predicted molar refractivity (Wildman–Crippen MR) is 75.7 cm³/mol. The van der Waals surface area contributed by atoms with Crippen LogP contribution in [0.25, 0.3) is 0 Å². The molecule has 1 aromatic carbocycles. The van der Waals surface area contributed by atoms with Gasteiger partial charge in [0.15, 0.2) is 11.6 Å². The average molecular weight is 283 g/mol. The Morgan fingerprint density at radius 1 is 1.40 bits per heavy atom. The quantitative estimate of drug-likeness (QED) is 0.827. The van der Waals surface area contributed by atoms with Crippen LogP contribution in [0.15, 0.2) is 18.2 Å². The topological polar surface area (TPSA) is 21.3 Å². The van der Waals surface area contributed by atoms with Gasteiger partial charge in [0.25, 0.3) is 0 Å². The summed E-state index contributed by atoms with van der Waals surface area (Å²) in [7, 11) is 0. The molecule has 2 atom stereocenters. The normalized spacial score (nSPS) is 20.2. The molecule has 2 nitrogen and oxygen atoms in total. The van der Waals surface area contributed by atoms with E-state index in [9.17, 15) is 8.78 Å². The van der Waals surface area contributed by atoms with Crippen molar-refractivity contribution in [3.8, 4) is 0 Å². The van der Waals surface area contributed by atoms with E-state index < -0.39 is 11.6 Å². The first-order chi connectivity index (χ1) is 9.70. The molecule has 1 fully saturated rings. The second kappa shape index (κ2) is 7.70. The monoisotopic (exact) mass is 283 g/mol. The molecule has 0 aromatic heterocycles. The molecule has 1 aromatic rings. The Labute approximate surface area is 119 Å². The molecule has 1 saturated heterocycles.